The molecule has 6 heteroatoms. The molecule has 1 heterocycles. The van der Waals surface area contributed by atoms with Crippen molar-refractivity contribution in [2.45, 2.75) is 0 Å². The highest BCUT2D eigenvalue weighted by Crippen LogP contribution is 2.24. The summed E-state index contributed by atoms with van der Waals surface area (Å²) < 4.78 is 4.76. The summed E-state index contributed by atoms with van der Waals surface area (Å²) in [5, 5.41) is 14.4. The van der Waals surface area contributed by atoms with E-state index >= 15 is 0 Å². The Labute approximate surface area is 72.1 Å². The summed E-state index contributed by atoms with van der Waals surface area (Å²) in [5.41, 5.74) is 5.72. The molecule has 0 saturated heterocycles. The average molecular weight is 179 g/mol. The van der Waals surface area contributed by atoms with Gasteiger partial charge in [0.2, 0.25) is 0 Å². The van der Waals surface area contributed by atoms with Crippen molar-refractivity contribution in [3.05, 3.63) is 28.3 Å². The lowest BCUT2D eigenvalue weighted by atomic mass is 10.2. The number of nitrogens with zero attached hydrogens (tertiary/aromatic N) is 2. The standard InChI is InChI=1S/C7H5N3O3/c8-7-5-2-1-4(10(11)12)3-6(5)13-9-7/h1-3H,(H2,8,9). The van der Waals surface area contributed by atoms with Crippen molar-refractivity contribution in [3.63, 3.8) is 0 Å². The minimum atomic E-state index is -0.502. The van der Waals surface area contributed by atoms with E-state index < -0.39 is 4.92 Å². The summed E-state index contributed by atoms with van der Waals surface area (Å²) in [7, 11) is 0. The number of non-ortho nitro benzene ring substituents is 1. The fourth-order valence-corrected chi connectivity index (χ4v) is 1.06. The molecule has 1 aromatic carbocycles. The van der Waals surface area contributed by atoms with Gasteiger partial charge in [-0.05, 0) is 6.07 Å². The summed E-state index contributed by atoms with van der Waals surface area (Å²) in [6, 6.07) is 4.16. The zero-order chi connectivity index (χ0) is 9.42. The Bertz CT molecular complexity index is 477. The van der Waals surface area contributed by atoms with Crippen LogP contribution >= 0.6 is 0 Å². The maximum absolute atomic E-state index is 10.4. The minimum Gasteiger partial charge on any atom is -0.380 e. The zero-order valence-electron chi connectivity index (χ0n) is 6.43. The summed E-state index contributed by atoms with van der Waals surface area (Å²) in [5.74, 6) is 0.241. The Hall–Kier alpha value is -2.11. The topological polar surface area (TPSA) is 95.2 Å². The summed E-state index contributed by atoms with van der Waals surface area (Å²) in [6.45, 7) is 0. The van der Waals surface area contributed by atoms with E-state index in [1.54, 1.807) is 0 Å². The quantitative estimate of drug-likeness (QED) is 0.526. The number of hydrogen-bond donors (Lipinski definition) is 1. The molecular formula is C7H5N3O3. The third kappa shape index (κ3) is 1.08. The van der Waals surface area contributed by atoms with Crippen molar-refractivity contribution in [1.82, 2.24) is 5.16 Å². The Kier molecular flexibility index (Phi) is 1.42. The van der Waals surface area contributed by atoms with Gasteiger partial charge in [-0.15, -0.1) is 0 Å². The highest BCUT2D eigenvalue weighted by molar-refractivity contribution is 5.88. The molecule has 0 bridgehead atoms. The van der Waals surface area contributed by atoms with Gasteiger partial charge in [0.25, 0.3) is 5.69 Å². The molecule has 0 saturated carbocycles. The van der Waals surface area contributed by atoms with Crippen LogP contribution in [0.5, 0.6) is 0 Å². The SMILES string of the molecule is Nc1noc2cc([N+](=O)[O-])ccc12. The number of nitro benzene ring substituents is 1. The predicted octanol–water partition coefficient (Wildman–Crippen LogP) is 1.32. The second-order valence-electron chi connectivity index (χ2n) is 2.51. The number of nitrogens with two attached hydrogens (primary N) is 1. The largest absolute Gasteiger partial charge is 0.380 e. The molecule has 0 aliphatic carbocycles. The van der Waals surface area contributed by atoms with Crippen LogP contribution in [-0.2, 0) is 0 Å². The Morgan fingerprint density at radius 3 is 3.00 bits per heavy atom. The number of nitrogen functional groups attached to an aromatic ring is 1. The van der Waals surface area contributed by atoms with Gasteiger partial charge < -0.3 is 10.3 Å². The molecule has 0 aliphatic rings. The molecule has 0 aliphatic heterocycles. The van der Waals surface area contributed by atoms with Gasteiger partial charge >= 0.3 is 0 Å². The maximum Gasteiger partial charge on any atom is 0.273 e. The van der Waals surface area contributed by atoms with Crippen LogP contribution in [0.15, 0.2) is 22.7 Å². The Morgan fingerprint density at radius 1 is 1.54 bits per heavy atom. The van der Waals surface area contributed by atoms with Gasteiger partial charge in [-0.25, -0.2) is 0 Å². The van der Waals surface area contributed by atoms with Gasteiger partial charge in [0.1, 0.15) is 0 Å². The van der Waals surface area contributed by atoms with Crippen molar-refractivity contribution < 1.29 is 9.45 Å². The van der Waals surface area contributed by atoms with Crippen LogP contribution in [0.4, 0.5) is 11.5 Å². The molecule has 0 amide bonds. The second kappa shape index (κ2) is 2.44. The van der Waals surface area contributed by atoms with Crippen molar-refractivity contribution in [2.75, 3.05) is 5.73 Å². The highest BCUT2D eigenvalue weighted by Gasteiger charge is 2.10. The van der Waals surface area contributed by atoms with E-state index in [0.717, 1.165) is 0 Å². The first-order valence-electron chi connectivity index (χ1n) is 3.48. The molecule has 2 aromatic rings. The van der Waals surface area contributed by atoms with E-state index in [4.69, 9.17) is 10.3 Å². The molecule has 6 nitrogen and oxygen atoms in total. The Balaban J connectivity index is 2.70. The summed E-state index contributed by atoms with van der Waals surface area (Å²) >= 11 is 0. The molecule has 2 rings (SSSR count). The van der Waals surface area contributed by atoms with Crippen molar-refractivity contribution >= 4 is 22.5 Å². The fraction of sp³-hybridized carbons (Fsp3) is 0. The van der Waals surface area contributed by atoms with Gasteiger partial charge in [0.15, 0.2) is 11.4 Å². The third-order valence-corrected chi connectivity index (χ3v) is 1.69. The van der Waals surface area contributed by atoms with Crippen LogP contribution in [0.25, 0.3) is 11.0 Å². The molecule has 13 heavy (non-hydrogen) atoms. The van der Waals surface area contributed by atoms with Gasteiger partial charge in [-0.1, -0.05) is 5.16 Å². The second-order valence-corrected chi connectivity index (χ2v) is 2.51. The number of hydrogen-bond acceptors (Lipinski definition) is 5. The van der Waals surface area contributed by atoms with Crippen molar-refractivity contribution in [1.29, 1.82) is 0 Å². The highest BCUT2D eigenvalue weighted by atomic mass is 16.6. The van der Waals surface area contributed by atoms with Gasteiger partial charge in [0.05, 0.1) is 16.4 Å². The van der Waals surface area contributed by atoms with Crippen LogP contribution < -0.4 is 5.73 Å². The van der Waals surface area contributed by atoms with Crippen LogP contribution in [0.3, 0.4) is 0 Å². The molecule has 0 radical (unpaired) electrons. The van der Waals surface area contributed by atoms with E-state index in [1.165, 1.54) is 18.2 Å². The first kappa shape index (κ1) is 7.53. The van der Waals surface area contributed by atoms with Crippen LogP contribution in [0.2, 0.25) is 0 Å². The normalized spacial score (nSPS) is 10.5. The van der Waals surface area contributed by atoms with Crippen molar-refractivity contribution in [2.24, 2.45) is 0 Å². The van der Waals surface area contributed by atoms with E-state index in [1.807, 2.05) is 0 Å². The minimum absolute atomic E-state index is 0.0383. The zero-order valence-corrected chi connectivity index (χ0v) is 6.43. The van der Waals surface area contributed by atoms with E-state index in [0.29, 0.717) is 11.0 Å². The van der Waals surface area contributed by atoms with E-state index in [-0.39, 0.29) is 11.5 Å². The third-order valence-electron chi connectivity index (χ3n) is 1.69. The number of nitro groups is 1. The van der Waals surface area contributed by atoms with E-state index in [2.05, 4.69) is 5.16 Å². The van der Waals surface area contributed by atoms with Crippen LogP contribution in [0.1, 0.15) is 0 Å². The molecular weight excluding hydrogens is 174 g/mol. The molecule has 66 valence electrons. The number of anilines is 1. The Morgan fingerprint density at radius 2 is 2.31 bits per heavy atom. The monoisotopic (exact) mass is 179 g/mol. The summed E-state index contributed by atoms with van der Waals surface area (Å²) in [4.78, 5) is 9.86. The van der Waals surface area contributed by atoms with Gasteiger partial charge in [-0.3, -0.25) is 10.1 Å². The number of aromatic nitrogens is 1. The lowest BCUT2D eigenvalue weighted by molar-refractivity contribution is -0.384. The number of fused-ring (bicyclic) bond motifs is 1. The first-order valence-corrected chi connectivity index (χ1v) is 3.48. The molecule has 0 atom stereocenters. The molecule has 0 unspecified atom stereocenters. The average Bonchev–Trinajstić information content (AvgIpc) is 2.47. The molecule has 0 spiro atoms. The lowest BCUT2D eigenvalue weighted by Crippen LogP contribution is -1.87. The van der Waals surface area contributed by atoms with Gasteiger partial charge in [0, 0.05) is 6.07 Å². The smallest absolute Gasteiger partial charge is 0.273 e. The first-order chi connectivity index (χ1) is 6.18. The van der Waals surface area contributed by atoms with Crippen LogP contribution in [-0.4, -0.2) is 10.1 Å². The maximum atomic E-state index is 10.4. The lowest BCUT2D eigenvalue weighted by Gasteiger charge is -1.89. The molecule has 1 aromatic heterocycles. The summed E-state index contributed by atoms with van der Waals surface area (Å²) in [6.07, 6.45) is 0. The number of benzene rings is 1. The molecule has 2 N–H and O–H groups in total. The van der Waals surface area contributed by atoms with Gasteiger partial charge in [-0.2, -0.15) is 0 Å². The van der Waals surface area contributed by atoms with Crippen molar-refractivity contribution in [3.8, 4) is 0 Å². The predicted molar refractivity (Wildman–Crippen MR) is 45.1 cm³/mol. The fourth-order valence-electron chi connectivity index (χ4n) is 1.06. The number of rotatable bonds is 1. The molecule has 0 fully saturated rings. The van der Waals surface area contributed by atoms with E-state index in [9.17, 15) is 10.1 Å². The van der Waals surface area contributed by atoms with Crippen LogP contribution in [0, 0.1) is 10.1 Å².